The van der Waals surface area contributed by atoms with Gasteiger partial charge in [0.2, 0.25) is 5.91 Å². The van der Waals surface area contributed by atoms with Gasteiger partial charge in [0, 0.05) is 17.5 Å². The molecule has 0 spiro atoms. The number of carbonyl (C=O) groups is 1. The number of hydrogen-bond donors (Lipinski definition) is 2. The summed E-state index contributed by atoms with van der Waals surface area (Å²) in [5.74, 6) is 0.648. The van der Waals surface area contributed by atoms with Crippen LogP contribution in [-0.4, -0.2) is 43.4 Å². The average molecular weight is 432 g/mol. The Kier molecular flexibility index (Phi) is 4.61. The highest BCUT2D eigenvalue weighted by molar-refractivity contribution is 6.01. The van der Waals surface area contributed by atoms with Gasteiger partial charge in [-0.3, -0.25) is 14.3 Å². The van der Waals surface area contributed by atoms with Crippen LogP contribution in [0.2, 0.25) is 0 Å². The maximum atomic E-state index is 12.5. The van der Waals surface area contributed by atoms with Gasteiger partial charge < -0.3 is 15.1 Å². The molecular formula is C23H24N6O3. The van der Waals surface area contributed by atoms with Crippen molar-refractivity contribution in [2.24, 2.45) is 0 Å². The Balaban J connectivity index is 1.74. The molecule has 9 nitrogen and oxygen atoms in total. The van der Waals surface area contributed by atoms with Crippen molar-refractivity contribution in [3.8, 4) is 11.5 Å². The van der Waals surface area contributed by atoms with Crippen LogP contribution >= 0.6 is 0 Å². The minimum atomic E-state index is -0.427. The Bertz CT molecular complexity index is 1440. The molecule has 5 rings (SSSR count). The number of fused-ring (bicyclic) bond motifs is 2. The number of aryl methyl sites for hydroxylation is 2. The second-order valence-corrected chi connectivity index (χ2v) is 8.28. The number of nitrogens with zero attached hydrogens (tertiary/aromatic N) is 4. The lowest BCUT2D eigenvalue weighted by Crippen LogP contribution is -2.37. The fraction of sp³-hybridized carbons (Fsp3) is 0.304. The molecule has 1 aromatic carbocycles. The lowest BCUT2D eigenvalue weighted by molar-refractivity contribution is -0.127. The van der Waals surface area contributed by atoms with Gasteiger partial charge >= 0.3 is 0 Å². The molecule has 32 heavy (non-hydrogen) atoms. The Morgan fingerprint density at radius 2 is 2.22 bits per heavy atom. The molecule has 0 saturated carbocycles. The topological polar surface area (TPSA) is 123 Å². The van der Waals surface area contributed by atoms with Crippen molar-refractivity contribution in [1.29, 1.82) is 0 Å². The summed E-state index contributed by atoms with van der Waals surface area (Å²) in [4.78, 5) is 26.7. The van der Waals surface area contributed by atoms with E-state index in [1.807, 2.05) is 26.0 Å². The molecule has 1 aliphatic rings. The van der Waals surface area contributed by atoms with Crippen molar-refractivity contribution < 1.29 is 9.21 Å². The summed E-state index contributed by atoms with van der Waals surface area (Å²) in [7, 11) is 0. The van der Waals surface area contributed by atoms with E-state index in [4.69, 9.17) is 10.2 Å². The number of benzene rings is 1. The zero-order valence-electron chi connectivity index (χ0n) is 18.0. The summed E-state index contributed by atoms with van der Waals surface area (Å²) in [6, 6.07) is 5.91. The molecule has 1 amide bonds. The van der Waals surface area contributed by atoms with Gasteiger partial charge in [0.25, 0.3) is 5.56 Å². The number of H-pyrrole nitrogens is 1. The van der Waals surface area contributed by atoms with Crippen LogP contribution in [0.1, 0.15) is 24.0 Å². The van der Waals surface area contributed by atoms with E-state index in [0.29, 0.717) is 29.9 Å². The first-order valence-corrected chi connectivity index (χ1v) is 10.6. The van der Waals surface area contributed by atoms with Crippen molar-refractivity contribution in [2.75, 3.05) is 12.3 Å². The number of likely N-dealkylation sites (tertiary alicyclic amines) is 1. The fourth-order valence-electron chi connectivity index (χ4n) is 4.64. The molecule has 9 heteroatoms. The highest BCUT2D eigenvalue weighted by Crippen LogP contribution is 2.38. The number of amides is 1. The van der Waals surface area contributed by atoms with E-state index in [1.165, 1.54) is 6.08 Å². The first kappa shape index (κ1) is 20.0. The van der Waals surface area contributed by atoms with Gasteiger partial charge in [0.05, 0.1) is 18.0 Å². The molecular weight excluding hydrogens is 408 g/mol. The lowest BCUT2D eigenvalue weighted by Gasteiger charge is -2.24. The number of anilines is 1. The number of nitrogens with two attached hydrogens (primary N) is 1. The van der Waals surface area contributed by atoms with Gasteiger partial charge in [0.1, 0.15) is 11.3 Å². The second-order valence-electron chi connectivity index (χ2n) is 8.28. The molecule has 3 aromatic heterocycles. The maximum Gasteiger partial charge on any atom is 0.292 e. The van der Waals surface area contributed by atoms with Crippen molar-refractivity contribution in [3.63, 3.8) is 0 Å². The first-order valence-electron chi connectivity index (χ1n) is 10.6. The number of carbonyl (C=O) groups excluding carboxylic acids is 1. The van der Waals surface area contributed by atoms with Crippen LogP contribution in [0, 0.1) is 13.8 Å². The summed E-state index contributed by atoms with van der Waals surface area (Å²) in [5, 5.41) is 12.4. The highest BCUT2D eigenvalue weighted by Gasteiger charge is 2.31. The van der Waals surface area contributed by atoms with Crippen LogP contribution in [0.4, 0.5) is 5.82 Å². The average Bonchev–Trinajstić information content (AvgIpc) is 3.47. The zero-order valence-corrected chi connectivity index (χ0v) is 18.0. The Morgan fingerprint density at radius 3 is 3.00 bits per heavy atom. The Morgan fingerprint density at radius 1 is 1.41 bits per heavy atom. The molecule has 3 N–H and O–H groups in total. The number of aromatic amines is 1. The third kappa shape index (κ3) is 3.00. The Labute approximate surface area is 183 Å². The number of nitrogens with one attached hydrogen (secondary N) is 1. The molecule has 4 aromatic rings. The van der Waals surface area contributed by atoms with Crippen molar-refractivity contribution in [3.05, 3.63) is 52.3 Å². The van der Waals surface area contributed by atoms with Crippen molar-refractivity contribution in [1.82, 2.24) is 24.9 Å². The van der Waals surface area contributed by atoms with Crippen LogP contribution < -0.4 is 11.3 Å². The van der Waals surface area contributed by atoms with Gasteiger partial charge in [-0.15, -0.1) is 0 Å². The van der Waals surface area contributed by atoms with Crippen LogP contribution in [0.15, 0.2) is 40.1 Å². The van der Waals surface area contributed by atoms with Crippen molar-refractivity contribution >= 4 is 33.6 Å². The van der Waals surface area contributed by atoms with E-state index >= 15 is 0 Å². The molecule has 0 radical (unpaired) electrons. The summed E-state index contributed by atoms with van der Waals surface area (Å²) < 4.78 is 7.98. The highest BCUT2D eigenvalue weighted by atomic mass is 16.3. The third-order valence-corrected chi connectivity index (χ3v) is 6.23. The largest absolute Gasteiger partial charge is 0.454 e. The minimum Gasteiger partial charge on any atom is -0.454 e. The van der Waals surface area contributed by atoms with E-state index in [9.17, 15) is 9.59 Å². The monoisotopic (exact) mass is 432 g/mol. The summed E-state index contributed by atoms with van der Waals surface area (Å²) >= 11 is 0. The van der Waals surface area contributed by atoms with E-state index in [1.54, 1.807) is 9.58 Å². The molecule has 1 unspecified atom stereocenters. The van der Waals surface area contributed by atoms with Crippen LogP contribution in [0.5, 0.6) is 0 Å². The van der Waals surface area contributed by atoms with E-state index < -0.39 is 5.56 Å². The quantitative estimate of drug-likeness (QED) is 0.478. The molecule has 1 saturated heterocycles. The molecule has 1 aliphatic heterocycles. The predicted octanol–water partition coefficient (Wildman–Crippen LogP) is 2.91. The fourth-order valence-corrected chi connectivity index (χ4v) is 4.64. The normalized spacial score (nSPS) is 16.3. The van der Waals surface area contributed by atoms with Gasteiger partial charge in [-0.05, 0) is 44.9 Å². The SMILES string of the molecule is C=CC(=O)N1CCCC1Cn1nc2c(=O)[nH]nc(N)c2c1-c1oc2ccc(C)cc2c1C. The van der Waals surface area contributed by atoms with Crippen LogP contribution in [0.3, 0.4) is 0 Å². The number of hydrogen-bond acceptors (Lipinski definition) is 6. The number of nitrogen functional groups attached to an aromatic ring is 1. The van der Waals surface area contributed by atoms with Crippen LogP contribution in [-0.2, 0) is 11.3 Å². The van der Waals surface area contributed by atoms with Gasteiger partial charge in [-0.25, -0.2) is 5.10 Å². The third-order valence-electron chi connectivity index (χ3n) is 6.23. The summed E-state index contributed by atoms with van der Waals surface area (Å²) in [6.45, 7) is 8.68. The summed E-state index contributed by atoms with van der Waals surface area (Å²) in [6.07, 6.45) is 3.06. The number of rotatable bonds is 4. The second kappa shape index (κ2) is 7.37. The standard InChI is InChI=1S/C23H24N6O3/c1-4-17(30)28-9-5-6-14(28)11-29-20(18-19(27-29)23(31)26-25-22(18)24)21-13(3)15-10-12(2)7-8-16(15)32-21/h4,7-8,10,14H,1,5-6,9,11H2,2-3H3,(H2,24,25)(H,26,31). The van der Waals surface area contributed by atoms with E-state index in [-0.39, 0.29) is 23.3 Å². The smallest absolute Gasteiger partial charge is 0.292 e. The minimum absolute atomic E-state index is 0.0752. The first-order chi connectivity index (χ1) is 15.4. The molecule has 0 aliphatic carbocycles. The van der Waals surface area contributed by atoms with Gasteiger partial charge in [0.15, 0.2) is 17.1 Å². The number of furan rings is 1. The molecule has 0 bridgehead atoms. The lowest BCUT2D eigenvalue weighted by atomic mass is 10.1. The van der Waals surface area contributed by atoms with Gasteiger partial charge in [-0.2, -0.15) is 10.2 Å². The van der Waals surface area contributed by atoms with E-state index in [2.05, 4.69) is 27.9 Å². The number of aromatic nitrogens is 4. The van der Waals surface area contributed by atoms with Gasteiger partial charge in [-0.1, -0.05) is 18.2 Å². The zero-order chi connectivity index (χ0) is 22.6. The predicted molar refractivity (Wildman–Crippen MR) is 122 cm³/mol. The molecule has 1 fully saturated rings. The molecule has 164 valence electrons. The van der Waals surface area contributed by atoms with Crippen LogP contribution in [0.25, 0.3) is 33.3 Å². The molecule has 4 heterocycles. The Hall–Kier alpha value is -3.88. The molecule has 1 atom stereocenters. The summed E-state index contributed by atoms with van der Waals surface area (Å²) in [5.41, 5.74) is 9.35. The van der Waals surface area contributed by atoms with Crippen molar-refractivity contribution in [2.45, 2.75) is 39.3 Å². The van der Waals surface area contributed by atoms with E-state index in [0.717, 1.165) is 34.9 Å². The maximum absolute atomic E-state index is 12.5.